The maximum absolute atomic E-state index is 11.4. The van der Waals surface area contributed by atoms with Gasteiger partial charge in [0.15, 0.2) is 5.78 Å². The highest BCUT2D eigenvalue weighted by molar-refractivity contribution is 5.80. The normalized spacial score (nSPS) is 23.4. The van der Waals surface area contributed by atoms with Crippen LogP contribution in [0.1, 0.15) is 39.5 Å². The number of carbonyl (C=O) groups is 1. The molecule has 1 rings (SSSR count). The van der Waals surface area contributed by atoms with Crippen molar-refractivity contribution in [2.24, 2.45) is 5.92 Å². The molecule has 1 aliphatic rings. The quantitative estimate of drug-likeness (QED) is 0.632. The van der Waals surface area contributed by atoms with E-state index in [2.05, 4.69) is 19.1 Å². The molecule has 0 N–H and O–H groups in total. The number of ether oxygens (including phenoxy) is 1. The fourth-order valence-corrected chi connectivity index (χ4v) is 1.92. The largest absolute Gasteiger partial charge is 0.370 e. The summed E-state index contributed by atoms with van der Waals surface area (Å²) in [7, 11) is 0. The SMILES string of the molecule is CCCOC(C(C)=O)C1CC=CCC1. The van der Waals surface area contributed by atoms with E-state index >= 15 is 0 Å². The van der Waals surface area contributed by atoms with E-state index in [0.717, 1.165) is 25.7 Å². The summed E-state index contributed by atoms with van der Waals surface area (Å²) in [5, 5.41) is 0. The third-order valence-corrected chi connectivity index (χ3v) is 2.64. The first-order chi connectivity index (χ1) is 6.75. The van der Waals surface area contributed by atoms with Crippen LogP contribution in [0.3, 0.4) is 0 Å². The number of ketones is 1. The second-order valence-corrected chi connectivity index (χ2v) is 3.95. The Balaban J connectivity index is 2.48. The van der Waals surface area contributed by atoms with Gasteiger partial charge in [-0.2, -0.15) is 0 Å². The van der Waals surface area contributed by atoms with Gasteiger partial charge in [0.1, 0.15) is 6.10 Å². The van der Waals surface area contributed by atoms with Crippen molar-refractivity contribution < 1.29 is 9.53 Å². The lowest BCUT2D eigenvalue weighted by Crippen LogP contribution is -2.31. The highest BCUT2D eigenvalue weighted by atomic mass is 16.5. The van der Waals surface area contributed by atoms with Gasteiger partial charge in [-0.3, -0.25) is 4.79 Å². The molecule has 1 aliphatic carbocycles. The molecule has 0 aromatic rings. The highest BCUT2D eigenvalue weighted by Gasteiger charge is 2.25. The van der Waals surface area contributed by atoms with E-state index in [1.807, 2.05) is 0 Å². The van der Waals surface area contributed by atoms with Gasteiger partial charge in [-0.05, 0) is 38.5 Å². The molecule has 0 amide bonds. The number of rotatable bonds is 5. The van der Waals surface area contributed by atoms with Crippen molar-refractivity contribution in [3.63, 3.8) is 0 Å². The van der Waals surface area contributed by atoms with Crippen LogP contribution >= 0.6 is 0 Å². The van der Waals surface area contributed by atoms with Gasteiger partial charge in [0.2, 0.25) is 0 Å². The fourth-order valence-electron chi connectivity index (χ4n) is 1.92. The second-order valence-electron chi connectivity index (χ2n) is 3.95. The van der Waals surface area contributed by atoms with E-state index in [1.54, 1.807) is 6.92 Å². The van der Waals surface area contributed by atoms with Crippen LogP contribution in [-0.2, 0) is 9.53 Å². The van der Waals surface area contributed by atoms with Crippen molar-refractivity contribution in [3.8, 4) is 0 Å². The molecule has 2 atom stereocenters. The number of hydrogen-bond donors (Lipinski definition) is 0. The summed E-state index contributed by atoms with van der Waals surface area (Å²) in [6.45, 7) is 4.40. The third-order valence-electron chi connectivity index (χ3n) is 2.64. The van der Waals surface area contributed by atoms with Crippen molar-refractivity contribution in [1.82, 2.24) is 0 Å². The summed E-state index contributed by atoms with van der Waals surface area (Å²) in [5.41, 5.74) is 0. The van der Waals surface area contributed by atoms with E-state index < -0.39 is 0 Å². The molecule has 14 heavy (non-hydrogen) atoms. The van der Waals surface area contributed by atoms with Crippen molar-refractivity contribution in [2.45, 2.75) is 45.6 Å². The standard InChI is InChI=1S/C12H20O2/c1-3-9-14-12(10(2)13)11-7-5-4-6-8-11/h4-5,11-12H,3,6-9H2,1-2H3. The molecule has 0 spiro atoms. The van der Waals surface area contributed by atoms with Crippen LogP contribution in [0.15, 0.2) is 12.2 Å². The van der Waals surface area contributed by atoms with Crippen LogP contribution in [0, 0.1) is 5.92 Å². The van der Waals surface area contributed by atoms with Gasteiger partial charge in [0.05, 0.1) is 0 Å². The van der Waals surface area contributed by atoms with E-state index in [-0.39, 0.29) is 11.9 Å². The van der Waals surface area contributed by atoms with Gasteiger partial charge >= 0.3 is 0 Å². The Labute approximate surface area is 86.3 Å². The smallest absolute Gasteiger partial charge is 0.158 e. The van der Waals surface area contributed by atoms with E-state index in [0.29, 0.717) is 12.5 Å². The fraction of sp³-hybridized carbons (Fsp3) is 0.750. The Morgan fingerprint density at radius 1 is 1.57 bits per heavy atom. The number of Topliss-reactive ketones (excluding diaryl/α,β-unsaturated/α-hetero) is 1. The van der Waals surface area contributed by atoms with Crippen LogP contribution in [0.25, 0.3) is 0 Å². The lowest BCUT2D eigenvalue weighted by atomic mass is 9.87. The molecule has 0 aliphatic heterocycles. The predicted octanol–water partition coefficient (Wildman–Crippen LogP) is 2.73. The molecule has 0 saturated heterocycles. The average molecular weight is 196 g/mol. The Bertz CT molecular complexity index is 208. The first-order valence-corrected chi connectivity index (χ1v) is 5.52. The minimum Gasteiger partial charge on any atom is -0.370 e. The third kappa shape index (κ3) is 3.26. The van der Waals surface area contributed by atoms with Crippen molar-refractivity contribution >= 4 is 5.78 Å². The average Bonchev–Trinajstić information content (AvgIpc) is 2.19. The molecule has 0 heterocycles. The van der Waals surface area contributed by atoms with Crippen LogP contribution < -0.4 is 0 Å². The first-order valence-electron chi connectivity index (χ1n) is 5.52. The van der Waals surface area contributed by atoms with E-state index in [9.17, 15) is 4.79 Å². The van der Waals surface area contributed by atoms with Crippen LogP contribution in [-0.4, -0.2) is 18.5 Å². The van der Waals surface area contributed by atoms with Gasteiger partial charge in [-0.25, -0.2) is 0 Å². The first kappa shape index (κ1) is 11.4. The Hall–Kier alpha value is -0.630. The minimum absolute atomic E-state index is 0.167. The maximum Gasteiger partial charge on any atom is 0.158 e. The lowest BCUT2D eigenvalue weighted by Gasteiger charge is -2.26. The Morgan fingerprint density at radius 2 is 2.36 bits per heavy atom. The number of allylic oxidation sites excluding steroid dienone is 2. The highest BCUT2D eigenvalue weighted by Crippen LogP contribution is 2.24. The zero-order valence-corrected chi connectivity index (χ0v) is 9.16. The van der Waals surface area contributed by atoms with Gasteiger partial charge in [-0.15, -0.1) is 0 Å². The summed E-state index contributed by atoms with van der Waals surface area (Å²) >= 11 is 0. The van der Waals surface area contributed by atoms with E-state index in [1.165, 1.54) is 0 Å². The van der Waals surface area contributed by atoms with Crippen molar-refractivity contribution in [2.75, 3.05) is 6.61 Å². The molecular formula is C12H20O2. The Morgan fingerprint density at radius 3 is 2.86 bits per heavy atom. The van der Waals surface area contributed by atoms with Crippen molar-refractivity contribution in [1.29, 1.82) is 0 Å². The lowest BCUT2D eigenvalue weighted by molar-refractivity contribution is -0.132. The summed E-state index contributed by atoms with van der Waals surface area (Å²) in [6, 6.07) is 0. The van der Waals surface area contributed by atoms with Crippen molar-refractivity contribution in [3.05, 3.63) is 12.2 Å². The second kappa shape index (κ2) is 5.97. The van der Waals surface area contributed by atoms with Gasteiger partial charge in [-0.1, -0.05) is 19.1 Å². The molecule has 0 saturated carbocycles. The molecule has 0 bridgehead atoms. The summed E-state index contributed by atoms with van der Waals surface area (Å²) in [4.78, 5) is 11.4. The van der Waals surface area contributed by atoms with Crippen LogP contribution in [0.5, 0.6) is 0 Å². The molecule has 0 radical (unpaired) electrons. The molecule has 2 unspecified atom stereocenters. The molecule has 2 nitrogen and oxygen atoms in total. The molecule has 2 heteroatoms. The summed E-state index contributed by atoms with van der Waals surface area (Å²) in [5.74, 6) is 0.586. The minimum atomic E-state index is -0.167. The van der Waals surface area contributed by atoms with Gasteiger partial charge < -0.3 is 4.74 Å². The summed E-state index contributed by atoms with van der Waals surface area (Å²) in [6.07, 6.45) is 8.33. The molecule has 0 aromatic carbocycles. The van der Waals surface area contributed by atoms with Crippen LogP contribution in [0.2, 0.25) is 0 Å². The monoisotopic (exact) mass is 196 g/mol. The number of carbonyl (C=O) groups excluding carboxylic acids is 1. The Kier molecular flexibility index (Phi) is 4.88. The zero-order chi connectivity index (χ0) is 10.4. The molecule has 80 valence electrons. The van der Waals surface area contributed by atoms with Crippen LogP contribution in [0.4, 0.5) is 0 Å². The predicted molar refractivity (Wildman–Crippen MR) is 57.2 cm³/mol. The number of hydrogen-bond acceptors (Lipinski definition) is 2. The zero-order valence-electron chi connectivity index (χ0n) is 9.16. The maximum atomic E-state index is 11.4. The molecular weight excluding hydrogens is 176 g/mol. The summed E-state index contributed by atoms with van der Waals surface area (Å²) < 4.78 is 5.61. The molecule has 0 fully saturated rings. The van der Waals surface area contributed by atoms with E-state index in [4.69, 9.17) is 4.74 Å². The topological polar surface area (TPSA) is 26.3 Å². The van der Waals surface area contributed by atoms with Gasteiger partial charge in [0, 0.05) is 6.61 Å². The molecule has 0 aromatic heterocycles. The van der Waals surface area contributed by atoms with Gasteiger partial charge in [0.25, 0.3) is 0 Å².